The zero-order valence-electron chi connectivity index (χ0n) is 16.1. The second-order valence-corrected chi connectivity index (χ2v) is 8.21. The van der Waals surface area contributed by atoms with Gasteiger partial charge in [-0.05, 0) is 51.8 Å². The van der Waals surface area contributed by atoms with E-state index in [1.165, 1.54) is 0 Å². The highest BCUT2D eigenvalue weighted by atomic mass is 19.4. The van der Waals surface area contributed by atoms with Crippen LogP contribution in [0.15, 0.2) is 23.0 Å². The van der Waals surface area contributed by atoms with Crippen molar-refractivity contribution < 1.29 is 27.5 Å². The molecule has 29 heavy (non-hydrogen) atoms. The first-order chi connectivity index (χ1) is 13.2. The Balaban J connectivity index is 1.99. The number of fused-ring (bicyclic) bond motifs is 1. The molecule has 1 aliphatic rings. The second kappa shape index (κ2) is 6.79. The fourth-order valence-electron chi connectivity index (χ4n) is 3.52. The van der Waals surface area contributed by atoms with Gasteiger partial charge in [0.25, 0.3) is 5.56 Å². The van der Waals surface area contributed by atoms with Crippen molar-refractivity contribution in [1.82, 2.24) is 15.1 Å². The Morgan fingerprint density at radius 3 is 2.41 bits per heavy atom. The Morgan fingerprint density at radius 1 is 1.28 bits per heavy atom. The highest BCUT2D eigenvalue weighted by Gasteiger charge is 2.39. The Labute approximate surface area is 163 Å². The molecule has 0 bridgehead atoms. The zero-order chi connectivity index (χ0) is 21.8. The number of nitrogens with one attached hydrogen (secondary N) is 1. The quantitative estimate of drug-likeness (QED) is 0.752. The molecule has 1 amide bonds. The molecule has 2 aromatic rings. The van der Waals surface area contributed by atoms with E-state index in [0.29, 0.717) is 18.9 Å². The summed E-state index contributed by atoms with van der Waals surface area (Å²) in [6, 6.07) is 2.15. The topological polar surface area (TPSA) is 84.2 Å². The summed E-state index contributed by atoms with van der Waals surface area (Å²) >= 11 is 0. The summed E-state index contributed by atoms with van der Waals surface area (Å²) in [7, 11) is 0. The van der Waals surface area contributed by atoms with E-state index in [9.17, 15) is 32.3 Å². The fraction of sp³-hybridized carbons (Fsp3) is 0.526. The van der Waals surface area contributed by atoms with Crippen LogP contribution in [0.3, 0.4) is 0 Å². The first kappa shape index (κ1) is 21.2. The number of carbonyl (C=O) groups is 1. The van der Waals surface area contributed by atoms with Gasteiger partial charge in [0.2, 0.25) is 5.91 Å². The highest BCUT2D eigenvalue weighted by Crippen LogP contribution is 2.34. The van der Waals surface area contributed by atoms with Gasteiger partial charge < -0.3 is 10.4 Å². The van der Waals surface area contributed by atoms with Crippen LogP contribution >= 0.6 is 0 Å². The maximum Gasteiger partial charge on any atom is 0.416 e. The average Bonchev–Trinajstić information content (AvgIpc) is 2.53. The van der Waals surface area contributed by atoms with Gasteiger partial charge in [-0.3, -0.25) is 9.59 Å². The molecule has 0 unspecified atom stereocenters. The highest BCUT2D eigenvalue weighted by molar-refractivity contribution is 5.85. The summed E-state index contributed by atoms with van der Waals surface area (Å²) in [5, 5.41) is 15.8. The van der Waals surface area contributed by atoms with E-state index in [-0.39, 0.29) is 22.5 Å². The molecular weight excluding hydrogens is 394 g/mol. The Bertz CT molecular complexity index is 1010. The first-order valence-corrected chi connectivity index (χ1v) is 9.01. The number of nitrogens with zero attached hydrogens (tertiary/aromatic N) is 2. The van der Waals surface area contributed by atoms with E-state index >= 15 is 0 Å². The molecule has 1 fully saturated rings. The van der Waals surface area contributed by atoms with Crippen LogP contribution in [0.25, 0.3) is 10.8 Å². The molecule has 1 aliphatic carbocycles. The summed E-state index contributed by atoms with van der Waals surface area (Å²) in [6.45, 7) is 3.34. The van der Waals surface area contributed by atoms with Crippen LogP contribution < -0.4 is 10.9 Å². The Hall–Kier alpha value is -2.49. The average molecular weight is 415 g/mol. The molecule has 1 aromatic carbocycles. The normalized spacial score (nSPS) is 22.4. The number of alkyl halides is 4. The van der Waals surface area contributed by atoms with Gasteiger partial charge in [-0.25, -0.2) is 9.07 Å². The molecule has 1 saturated carbocycles. The van der Waals surface area contributed by atoms with Crippen LogP contribution in [-0.2, 0) is 23.2 Å². The number of carbonyl (C=O) groups excluding carboxylic acids is 1. The molecular formula is C19H21F4N3O3. The van der Waals surface area contributed by atoms with E-state index in [4.69, 9.17) is 0 Å². The molecule has 158 valence electrons. The molecule has 3 rings (SSSR count). The van der Waals surface area contributed by atoms with Crippen molar-refractivity contribution >= 4 is 16.7 Å². The standard InChI is InChI=1S/C19H21F4N3O3/c1-17(2,20)15-13-6-10(19(21,22)23)4-5-12(13)16(28)26(25-15)9-14(27)24-11-7-18(3,29)8-11/h4-6,11,29H,7-9H2,1-3H3,(H,24,27)/t11-,18+. The molecule has 6 nitrogen and oxygen atoms in total. The Morgan fingerprint density at radius 2 is 1.90 bits per heavy atom. The predicted molar refractivity (Wildman–Crippen MR) is 96.9 cm³/mol. The molecule has 1 heterocycles. The van der Waals surface area contributed by atoms with Crippen LogP contribution in [0.4, 0.5) is 17.6 Å². The lowest BCUT2D eigenvalue weighted by atomic mass is 9.77. The molecule has 0 spiro atoms. The first-order valence-electron chi connectivity index (χ1n) is 9.01. The van der Waals surface area contributed by atoms with Crippen LogP contribution in [0.1, 0.15) is 44.9 Å². The van der Waals surface area contributed by atoms with Gasteiger partial charge >= 0.3 is 6.18 Å². The van der Waals surface area contributed by atoms with Crippen LogP contribution in [0.5, 0.6) is 0 Å². The maximum atomic E-state index is 14.7. The van der Waals surface area contributed by atoms with Gasteiger partial charge in [-0.15, -0.1) is 0 Å². The number of amides is 1. The minimum absolute atomic E-state index is 0.159. The third kappa shape index (κ3) is 4.42. The number of aliphatic hydroxyl groups is 1. The predicted octanol–water partition coefficient (Wildman–Crippen LogP) is 2.65. The molecule has 2 N–H and O–H groups in total. The van der Waals surface area contributed by atoms with E-state index in [2.05, 4.69) is 10.4 Å². The lowest BCUT2D eigenvalue weighted by molar-refractivity contribution is -0.137. The van der Waals surface area contributed by atoms with Gasteiger partial charge in [-0.1, -0.05) is 0 Å². The van der Waals surface area contributed by atoms with Crippen molar-refractivity contribution in [3.63, 3.8) is 0 Å². The summed E-state index contributed by atoms with van der Waals surface area (Å²) < 4.78 is 54.6. The summed E-state index contributed by atoms with van der Waals surface area (Å²) in [6.07, 6.45) is -3.94. The van der Waals surface area contributed by atoms with Crippen LogP contribution in [-0.4, -0.2) is 32.4 Å². The van der Waals surface area contributed by atoms with E-state index in [1.54, 1.807) is 6.92 Å². The van der Waals surface area contributed by atoms with Gasteiger partial charge in [-0.2, -0.15) is 18.3 Å². The van der Waals surface area contributed by atoms with Gasteiger partial charge in [0.05, 0.1) is 16.6 Å². The Kier molecular flexibility index (Phi) is 4.97. The van der Waals surface area contributed by atoms with Crippen molar-refractivity contribution in [3.05, 3.63) is 39.8 Å². The lowest BCUT2D eigenvalue weighted by Crippen LogP contribution is -2.54. The number of hydrogen-bond acceptors (Lipinski definition) is 4. The van der Waals surface area contributed by atoms with Crippen LogP contribution in [0.2, 0.25) is 0 Å². The van der Waals surface area contributed by atoms with Crippen molar-refractivity contribution in [2.45, 2.75) is 63.6 Å². The molecule has 10 heteroatoms. The maximum absolute atomic E-state index is 14.7. The molecule has 0 aliphatic heterocycles. The van der Waals surface area contributed by atoms with Crippen molar-refractivity contribution in [3.8, 4) is 0 Å². The molecule has 0 atom stereocenters. The number of rotatable bonds is 4. The number of hydrogen-bond donors (Lipinski definition) is 2. The van der Waals surface area contributed by atoms with E-state index in [1.807, 2.05) is 0 Å². The second-order valence-electron chi connectivity index (χ2n) is 8.21. The zero-order valence-corrected chi connectivity index (χ0v) is 16.1. The summed E-state index contributed by atoms with van der Waals surface area (Å²) in [5.41, 5.74) is -5.18. The van der Waals surface area contributed by atoms with E-state index in [0.717, 1.165) is 30.7 Å². The largest absolute Gasteiger partial charge is 0.416 e. The monoisotopic (exact) mass is 415 g/mol. The minimum Gasteiger partial charge on any atom is -0.390 e. The molecule has 0 saturated heterocycles. The van der Waals surface area contributed by atoms with Gasteiger partial charge in [0, 0.05) is 11.4 Å². The van der Waals surface area contributed by atoms with Crippen LogP contribution in [0, 0.1) is 0 Å². The summed E-state index contributed by atoms with van der Waals surface area (Å²) in [5.74, 6) is -0.561. The third-order valence-electron chi connectivity index (χ3n) is 4.88. The molecule has 0 radical (unpaired) electrons. The molecule has 1 aromatic heterocycles. The number of halogens is 4. The smallest absolute Gasteiger partial charge is 0.390 e. The van der Waals surface area contributed by atoms with Gasteiger partial charge in [0.15, 0.2) is 0 Å². The third-order valence-corrected chi connectivity index (χ3v) is 4.88. The lowest BCUT2D eigenvalue weighted by Gasteiger charge is -2.41. The number of benzene rings is 1. The SMILES string of the molecule is CC(C)(F)c1nn(CC(=O)N[C@H]2C[C@@](C)(O)C2)c(=O)c2ccc(C(F)(F)F)cc12. The van der Waals surface area contributed by atoms with E-state index < -0.39 is 41.0 Å². The number of aromatic nitrogens is 2. The fourth-order valence-corrected chi connectivity index (χ4v) is 3.52. The van der Waals surface area contributed by atoms with Crippen molar-refractivity contribution in [1.29, 1.82) is 0 Å². The van der Waals surface area contributed by atoms with Crippen molar-refractivity contribution in [2.24, 2.45) is 0 Å². The van der Waals surface area contributed by atoms with Crippen molar-refractivity contribution in [2.75, 3.05) is 0 Å². The summed E-state index contributed by atoms with van der Waals surface area (Å²) in [4.78, 5) is 24.9. The minimum atomic E-state index is -4.66. The van der Waals surface area contributed by atoms with Gasteiger partial charge in [0.1, 0.15) is 17.9 Å².